The van der Waals surface area contributed by atoms with Gasteiger partial charge < -0.3 is 14.4 Å². The van der Waals surface area contributed by atoms with Crippen LogP contribution in [0, 0.1) is 0 Å². The van der Waals surface area contributed by atoms with Gasteiger partial charge in [-0.3, -0.25) is 9.59 Å². The first-order valence-corrected chi connectivity index (χ1v) is 10.9. The maximum atomic E-state index is 12.4. The number of rotatable bonds is 10. The molecular weight excluding hydrogens is 408 g/mol. The van der Waals surface area contributed by atoms with Crippen LogP contribution in [0.2, 0.25) is 0 Å². The molecule has 9 heteroatoms. The molecule has 0 spiro atoms. The van der Waals surface area contributed by atoms with Crippen LogP contribution in [0.4, 0.5) is 0 Å². The predicted octanol–water partition coefficient (Wildman–Crippen LogP) is 2.13. The average molecular weight is 435 g/mol. The van der Waals surface area contributed by atoms with Crippen LogP contribution < -0.4 is 9.46 Å². The minimum atomic E-state index is -3.79. The topological polar surface area (TPSA) is 102 Å². The van der Waals surface area contributed by atoms with Crippen LogP contribution in [-0.2, 0) is 24.3 Å². The highest BCUT2D eigenvalue weighted by Gasteiger charge is 2.26. The number of benzene rings is 2. The minimum Gasteiger partial charge on any atom is -0.494 e. The molecule has 0 heterocycles. The fourth-order valence-corrected chi connectivity index (χ4v) is 3.60. The number of amides is 1. The van der Waals surface area contributed by atoms with Gasteiger partial charge in [0.2, 0.25) is 16.1 Å². The number of hydrogen-bond acceptors (Lipinski definition) is 6. The molecular formula is C21H26N2O6S. The molecule has 1 unspecified atom stereocenters. The molecule has 0 radical (unpaired) electrons. The summed E-state index contributed by atoms with van der Waals surface area (Å²) in [4.78, 5) is 26.0. The van der Waals surface area contributed by atoms with E-state index in [0.29, 0.717) is 17.9 Å². The Bertz CT molecular complexity index is 943. The first-order valence-electron chi connectivity index (χ1n) is 9.42. The van der Waals surface area contributed by atoms with Gasteiger partial charge in [-0.2, -0.15) is 0 Å². The van der Waals surface area contributed by atoms with E-state index in [4.69, 9.17) is 9.47 Å². The second kappa shape index (κ2) is 10.7. The third-order valence-electron chi connectivity index (χ3n) is 4.08. The first-order chi connectivity index (χ1) is 14.2. The summed E-state index contributed by atoms with van der Waals surface area (Å²) in [6, 6.07) is 14.6. The van der Waals surface area contributed by atoms with Crippen molar-refractivity contribution in [1.82, 2.24) is 9.62 Å². The summed E-state index contributed by atoms with van der Waals surface area (Å²) in [6.07, 6.45) is -1.31. The van der Waals surface area contributed by atoms with E-state index in [1.807, 2.05) is 6.92 Å². The van der Waals surface area contributed by atoms with E-state index in [1.54, 1.807) is 56.6 Å². The smallest absolute Gasteiger partial charge is 0.308 e. The van der Waals surface area contributed by atoms with E-state index in [-0.39, 0.29) is 23.8 Å². The zero-order valence-electron chi connectivity index (χ0n) is 17.2. The highest BCUT2D eigenvalue weighted by atomic mass is 32.2. The van der Waals surface area contributed by atoms with Crippen molar-refractivity contribution < 1.29 is 27.5 Å². The lowest BCUT2D eigenvalue weighted by Gasteiger charge is -2.21. The Hall–Kier alpha value is -2.91. The number of likely N-dealkylation sites (N-methyl/N-ethyl adjacent to an activating group) is 1. The molecule has 1 amide bonds. The molecule has 0 aliphatic carbocycles. The van der Waals surface area contributed by atoms with Crippen LogP contribution in [0.1, 0.15) is 25.0 Å². The van der Waals surface area contributed by atoms with Gasteiger partial charge in [-0.1, -0.05) is 30.3 Å². The summed E-state index contributed by atoms with van der Waals surface area (Å²) in [5, 5.41) is 0. The summed E-state index contributed by atoms with van der Waals surface area (Å²) >= 11 is 0. The van der Waals surface area contributed by atoms with E-state index in [2.05, 4.69) is 4.72 Å². The lowest BCUT2D eigenvalue weighted by Crippen LogP contribution is -2.32. The monoisotopic (exact) mass is 434 g/mol. The number of carbonyl (C=O) groups is 2. The number of nitrogens with zero attached hydrogens (tertiary/aromatic N) is 1. The van der Waals surface area contributed by atoms with Crippen LogP contribution in [0.3, 0.4) is 0 Å². The lowest BCUT2D eigenvalue weighted by molar-refractivity contribution is -0.159. The normalized spacial score (nSPS) is 12.1. The van der Waals surface area contributed by atoms with Crippen LogP contribution in [0.15, 0.2) is 59.5 Å². The number of hydrogen-bond donors (Lipinski definition) is 1. The van der Waals surface area contributed by atoms with E-state index in [1.165, 1.54) is 17.0 Å². The van der Waals surface area contributed by atoms with Crippen molar-refractivity contribution in [2.75, 3.05) is 27.2 Å². The maximum absolute atomic E-state index is 12.4. The lowest BCUT2D eigenvalue weighted by atomic mass is 10.1. The van der Waals surface area contributed by atoms with Gasteiger partial charge in [0.1, 0.15) is 5.75 Å². The highest BCUT2D eigenvalue weighted by Crippen LogP contribution is 2.20. The molecule has 0 bridgehead atoms. The van der Waals surface area contributed by atoms with Gasteiger partial charge in [-0.05, 0) is 31.2 Å². The highest BCUT2D eigenvalue weighted by molar-refractivity contribution is 7.89. The number of ether oxygens (including phenoxy) is 2. The zero-order chi connectivity index (χ0) is 22.1. The number of sulfonamides is 1. The summed E-state index contributed by atoms with van der Waals surface area (Å²) in [6.45, 7) is 2.15. The Kier molecular flexibility index (Phi) is 8.37. The Morgan fingerprint density at radius 3 is 2.23 bits per heavy atom. The van der Waals surface area contributed by atoms with Gasteiger partial charge in [0, 0.05) is 26.2 Å². The molecule has 0 aliphatic heterocycles. The molecule has 30 heavy (non-hydrogen) atoms. The minimum absolute atomic E-state index is 0.0595. The SMILES string of the molecule is CCOc1ccc(S(=O)(=O)NCCC(=O)OC(C(=O)N(C)C)c2ccccc2)cc1. The van der Waals surface area contributed by atoms with Crippen LogP contribution >= 0.6 is 0 Å². The molecule has 2 rings (SSSR count). The quantitative estimate of drug-likeness (QED) is 0.575. The molecule has 2 aromatic carbocycles. The summed E-state index contributed by atoms with van der Waals surface area (Å²) in [5.41, 5.74) is 0.541. The number of esters is 1. The van der Waals surface area contributed by atoms with Crippen LogP contribution in [-0.4, -0.2) is 52.4 Å². The van der Waals surface area contributed by atoms with E-state index >= 15 is 0 Å². The fraction of sp³-hybridized carbons (Fsp3) is 0.333. The third kappa shape index (κ3) is 6.57. The molecule has 0 aromatic heterocycles. The van der Waals surface area contributed by atoms with Crippen molar-refractivity contribution >= 4 is 21.9 Å². The Balaban J connectivity index is 1.96. The van der Waals surface area contributed by atoms with E-state index in [9.17, 15) is 18.0 Å². The molecule has 2 aromatic rings. The summed E-state index contributed by atoms with van der Waals surface area (Å²) in [7, 11) is -0.653. The van der Waals surface area contributed by atoms with Crippen molar-refractivity contribution in [2.45, 2.75) is 24.3 Å². The summed E-state index contributed by atoms with van der Waals surface area (Å²) < 4.78 is 37.7. The van der Waals surface area contributed by atoms with Crippen LogP contribution in [0.25, 0.3) is 0 Å². The second-order valence-corrected chi connectivity index (χ2v) is 8.33. The van der Waals surface area contributed by atoms with Crippen molar-refractivity contribution in [3.63, 3.8) is 0 Å². The third-order valence-corrected chi connectivity index (χ3v) is 5.56. The van der Waals surface area contributed by atoms with Gasteiger partial charge in [-0.15, -0.1) is 0 Å². The van der Waals surface area contributed by atoms with Crippen molar-refractivity contribution in [2.24, 2.45) is 0 Å². The van der Waals surface area contributed by atoms with Crippen molar-refractivity contribution in [3.8, 4) is 5.75 Å². The molecule has 1 N–H and O–H groups in total. The number of nitrogens with one attached hydrogen (secondary N) is 1. The zero-order valence-corrected chi connectivity index (χ0v) is 18.0. The van der Waals surface area contributed by atoms with E-state index in [0.717, 1.165) is 0 Å². The number of carbonyl (C=O) groups excluding carboxylic acids is 2. The van der Waals surface area contributed by atoms with E-state index < -0.39 is 22.1 Å². The predicted molar refractivity (Wildman–Crippen MR) is 111 cm³/mol. The van der Waals surface area contributed by atoms with Gasteiger partial charge in [0.15, 0.2) is 0 Å². The molecule has 8 nitrogen and oxygen atoms in total. The fourth-order valence-electron chi connectivity index (χ4n) is 2.57. The van der Waals surface area contributed by atoms with Gasteiger partial charge in [-0.25, -0.2) is 13.1 Å². The first kappa shape index (κ1) is 23.4. The largest absolute Gasteiger partial charge is 0.494 e. The molecule has 0 fully saturated rings. The Labute approximate surface area is 176 Å². The standard InChI is InChI=1S/C21H26N2O6S/c1-4-28-17-10-12-18(13-11-17)30(26,27)22-15-14-19(24)29-20(21(25)23(2)3)16-8-6-5-7-9-16/h5-13,20,22H,4,14-15H2,1-3H3. The molecule has 1 atom stereocenters. The van der Waals surface area contributed by atoms with Gasteiger partial charge >= 0.3 is 5.97 Å². The Morgan fingerprint density at radius 1 is 1.03 bits per heavy atom. The summed E-state index contributed by atoms with van der Waals surface area (Å²) in [5.74, 6) is -0.504. The molecule has 162 valence electrons. The molecule has 0 saturated heterocycles. The second-order valence-electron chi connectivity index (χ2n) is 6.57. The maximum Gasteiger partial charge on any atom is 0.308 e. The van der Waals surface area contributed by atoms with Crippen LogP contribution in [0.5, 0.6) is 5.75 Å². The van der Waals surface area contributed by atoms with Crippen molar-refractivity contribution in [3.05, 3.63) is 60.2 Å². The van der Waals surface area contributed by atoms with Gasteiger partial charge in [0.25, 0.3) is 5.91 Å². The molecule has 0 saturated carbocycles. The van der Waals surface area contributed by atoms with Gasteiger partial charge in [0.05, 0.1) is 17.9 Å². The molecule has 0 aliphatic rings. The van der Waals surface area contributed by atoms with Crippen molar-refractivity contribution in [1.29, 1.82) is 0 Å². The average Bonchev–Trinajstić information content (AvgIpc) is 2.72. The Morgan fingerprint density at radius 2 is 1.67 bits per heavy atom.